The standard InChI is InChI=1S/C25H32ClN5O3/c1-24(2)15-34-13-20(28-24)17-4-6-18(7-5-17)31-21(26)12-19-22(31)27-16-30(23(19)32)14-25(33)8-10-29(3)11-9-25/h4-7,12,16,20,28,33H,8-11,13-15H2,1-3H3. The van der Waals surface area contributed by atoms with Crippen molar-refractivity contribution in [2.75, 3.05) is 33.4 Å². The molecule has 1 aromatic carbocycles. The van der Waals surface area contributed by atoms with Crippen LogP contribution in [0.3, 0.4) is 0 Å². The van der Waals surface area contributed by atoms with E-state index in [2.05, 4.69) is 41.2 Å². The molecule has 2 N–H and O–H groups in total. The van der Waals surface area contributed by atoms with Crippen LogP contribution in [-0.4, -0.2) is 68.6 Å². The lowest BCUT2D eigenvalue weighted by molar-refractivity contribution is -0.0298. The van der Waals surface area contributed by atoms with E-state index in [0.717, 1.165) is 24.3 Å². The molecule has 0 spiro atoms. The Hall–Kier alpha value is -2.23. The number of morpholine rings is 1. The van der Waals surface area contributed by atoms with Crippen LogP contribution >= 0.6 is 11.6 Å². The second kappa shape index (κ2) is 8.77. The quantitative estimate of drug-likeness (QED) is 0.591. The predicted molar refractivity (Wildman–Crippen MR) is 133 cm³/mol. The van der Waals surface area contributed by atoms with E-state index in [4.69, 9.17) is 16.3 Å². The van der Waals surface area contributed by atoms with Crippen molar-refractivity contribution in [3.8, 4) is 5.69 Å². The summed E-state index contributed by atoms with van der Waals surface area (Å²) in [5.74, 6) is 0. The van der Waals surface area contributed by atoms with Crippen LogP contribution in [0.5, 0.6) is 0 Å². The number of aliphatic hydroxyl groups is 1. The van der Waals surface area contributed by atoms with Gasteiger partial charge in [0.25, 0.3) is 5.56 Å². The fourth-order valence-corrected chi connectivity index (χ4v) is 5.26. The maximum atomic E-state index is 13.2. The van der Waals surface area contributed by atoms with Gasteiger partial charge in [-0.05, 0) is 57.5 Å². The van der Waals surface area contributed by atoms with Gasteiger partial charge < -0.3 is 20.1 Å². The van der Waals surface area contributed by atoms with Crippen LogP contribution in [0.2, 0.25) is 5.15 Å². The first-order valence-electron chi connectivity index (χ1n) is 11.8. The van der Waals surface area contributed by atoms with Crippen LogP contribution < -0.4 is 10.9 Å². The van der Waals surface area contributed by atoms with Crippen molar-refractivity contribution < 1.29 is 9.84 Å². The van der Waals surface area contributed by atoms with Gasteiger partial charge in [0, 0.05) is 24.3 Å². The zero-order chi connectivity index (χ0) is 24.1. The number of ether oxygens (including phenoxy) is 1. The Bertz CT molecular complexity index is 1240. The lowest BCUT2D eigenvalue weighted by atomic mass is 9.91. The maximum Gasteiger partial charge on any atom is 0.262 e. The minimum atomic E-state index is -0.903. The summed E-state index contributed by atoms with van der Waals surface area (Å²) < 4.78 is 9.06. The van der Waals surface area contributed by atoms with E-state index in [1.807, 2.05) is 19.2 Å². The number of nitrogens with one attached hydrogen (secondary N) is 1. The molecule has 4 heterocycles. The second-order valence-electron chi connectivity index (χ2n) is 10.4. The Balaban J connectivity index is 1.43. The molecule has 9 heteroatoms. The molecule has 34 heavy (non-hydrogen) atoms. The van der Waals surface area contributed by atoms with Crippen molar-refractivity contribution in [3.63, 3.8) is 0 Å². The molecule has 0 bridgehead atoms. The number of hydrogen-bond donors (Lipinski definition) is 2. The summed E-state index contributed by atoms with van der Waals surface area (Å²) in [6, 6.07) is 9.85. The smallest absolute Gasteiger partial charge is 0.262 e. The number of fused-ring (bicyclic) bond motifs is 1. The number of hydrogen-bond acceptors (Lipinski definition) is 6. The summed E-state index contributed by atoms with van der Waals surface area (Å²) in [7, 11) is 2.04. The number of halogens is 1. The zero-order valence-corrected chi connectivity index (χ0v) is 20.7. The Morgan fingerprint density at radius 2 is 1.94 bits per heavy atom. The highest BCUT2D eigenvalue weighted by molar-refractivity contribution is 6.31. The second-order valence-corrected chi connectivity index (χ2v) is 10.8. The molecular formula is C25H32ClN5O3. The van der Waals surface area contributed by atoms with Crippen LogP contribution in [0.4, 0.5) is 0 Å². The Kier molecular flexibility index (Phi) is 6.06. The van der Waals surface area contributed by atoms with E-state index in [1.54, 1.807) is 10.6 Å². The van der Waals surface area contributed by atoms with Crippen molar-refractivity contribution in [2.45, 2.75) is 50.4 Å². The van der Waals surface area contributed by atoms with Gasteiger partial charge in [0.1, 0.15) is 11.5 Å². The van der Waals surface area contributed by atoms with Crippen LogP contribution in [0.25, 0.3) is 16.7 Å². The molecule has 2 aliphatic rings. The van der Waals surface area contributed by atoms with Gasteiger partial charge in [-0.2, -0.15) is 0 Å². The minimum absolute atomic E-state index is 0.0773. The number of likely N-dealkylation sites (tertiary alicyclic amines) is 1. The molecule has 3 aromatic rings. The lowest BCUT2D eigenvalue weighted by Gasteiger charge is -2.37. The third kappa shape index (κ3) is 4.53. The van der Waals surface area contributed by atoms with E-state index < -0.39 is 5.60 Å². The molecule has 5 rings (SSSR count). The first-order chi connectivity index (χ1) is 16.1. The Morgan fingerprint density at radius 3 is 2.62 bits per heavy atom. The minimum Gasteiger partial charge on any atom is -0.388 e. The molecule has 2 aliphatic heterocycles. The SMILES string of the molecule is CN1CCC(O)(Cn2cnc3c(cc(Cl)n3-c3ccc(C4COCC(C)(C)N4)cc3)c2=O)CC1. The summed E-state index contributed by atoms with van der Waals surface area (Å²) in [5.41, 5.74) is 1.30. The molecule has 1 unspecified atom stereocenters. The van der Waals surface area contributed by atoms with Crippen molar-refractivity contribution in [3.05, 3.63) is 57.7 Å². The third-order valence-corrected chi connectivity index (χ3v) is 7.27. The zero-order valence-electron chi connectivity index (χ0n) is 19.9. The normalized spacial score (nSPS) is 22.8. The molecule has 8 nitrogen and oxygen atoms in total. The maximum absolute atomic E-state index is 13.2. The van der Waals surface area contributed by atoms with E-state index in [-0.39, 0.29) is 23.7 Å². The van der Waals surface area contributed by atoms with E-state index in [1.165, 1.54) is 10.9 Å². The van der Waals surface area contributed by atoms with E-state index in [0.29, 0.717) is 42.2 Å². The fraction of sp³-hybridized carbons (Fsp3) is 0.520. The van der Waals surface area contributed by atoms with E-state index in [9.17, 15) is 9.90 Å². The highest BCUT2D eigenvalue weighted by atomic mass is 35.5. The third-order valence-electron chi connectivity index (χ3n) is 6.99. The average Bonchev–Trinajstić information content (AvgIpc) is 3.14. The molecule has 0 amide bonds. The number of benzene rings is 1. The molecule has 0 radical (unpaired) electrons. The number of piperidine rings is 1. The van der Waals surface area contributed by atoms with Crippen molar-refractivity contribution in [1.29, 1.82) is 0 Å². The molecule has 0 saturated carbocycles. The average molecular weight is 486 g/mol. The summed E-state index contributed by atoms with van der Waals surface area (Å²) in [4.78, 5) is 20.0. The number of rotatable bonds is 4. The van der Waals surface area contributed by atoms with Crippen molar-refractivity contribution >= 4 is 22.6 Å². The molecule has 0 aliphatic carbocycles. The van der Waals surface area contributed by atoms with Gasteiger partial charge >= 0.3 is 0 Å². The highest BCUT2D eigenvalue weighted by Gasteiger charge is 2.32. The van der Waals surface area contributed by atoms with Crippen molar-refractivity contribution in [2.24, 2.45) is 0 Å². The van der Waals surface area contributed by atoms with E-state index >= 15 is 0 Å². The molecule has 2 saturated heterocycles. The molecule has 2 fully saturated rings. The lowest BCUT2D eigenvalue weighted by Crippen LogP contribution is -2.51. The Morgan fingerprint density at radius 1 is 1.24 bits per heavy atom. The predicted octanol–water partition coefficient (Wildman–Crippen LogP) is 2.74. The fourth-order valence-electron chi connectivity index (χ4n) is 4.98. The summed E-state index contributed by atoms with van der Waals surface area (Å²) in [6.45, 7) is 7.40. The van der Waals surface area contributed by atoms with Crippen LogP contribution in [0, 0.1) is 0 Å². The van der Waals surface area contributed by atoms with Gasteiger partial charge in [-0.15, -0.1) is 0 Å². The van der Waals surface area contributed by atoms with Crippen molar-refractivity contribution in [1.82, 2.24) is 24.3 Å². The van der Waals surface area contributed by atoms with Crippen LogP contribution in [0.1, 0.15) is 38.3 Å². The summed E-state index contributed by atoms with van der Waals surface area (Å²) in [5, 5.41) is 15.5. The highest BCUT2D eigenvalue weighted by Crippen LogP contribution is 2.28. The molecular weight excluding hydrogens is 454 g/mol. The molecule has 2 aromatic heterocycles. The molecule has 182 valence electrons. The van der Waals surface area contributed by atoms with Gasteiger partial charge in [-0.25, -0.2) is 4.98 Å². The van der Waals surface area contributed by atoms with Crippen LogP contribution in [0.15, 0.2) is 41.5 Å². The van der Waals surface area contributed by atoms with Gasteiger partial charge in [0.2, 0.25) is 0 Å². The summed E-state index contributed by atoms with van der Waals surface area (Å²) >= 11 is 6.58. The van der Waals surface area contributed by atoms with Gasteiger partial charge in [0.05, 0.1) is 36.8 Å². The largest absolute Gasteiger partial charge is 0.388 e. The van der Waals surface area contributed by atoms with Gasteiger partial charge in [0.15, 0.2) is 5.65 Å². The van der Waals surface area contributed by atoms with Crippen LogP contribution in [-0.2, 0) is 11.3 Å². The number of aromatic nitrogens is 3. The molecule has 1 atom stereocenters. The van der Waals surface area contributed by atoms with Gasteiger partial charge in [-0.3, -0.25) is 13.9 Å². The number of nitrogens with zero attached hydrogens (tertiary/aromatic N) is 4. The Labute approximate surface area is 204 Å². The van der Waals surface area contributed by atoms with Gasteiger partial charge in [-0.1, -0.05) is 23.7 Å². The first kappa shape index (κ1) is 23.5. The first-order valence-corrected chi connectivity index (χ1v) is 12.2. The summed E-state index contributed by atoms with van der Waals surface area (Å²) in [6.07, 6.45) is 2.77. The topological polar surface area (TPSA) is 84.6 Å². The monoisotopic (exact) mass is 485 g/mol.